The number of aryl methyl sites for hydroxylation is 1. The lowest BCUT2D eigenvalue weighted by atomic mass is 10.0. The maximum atomic E-state index is 12.6. The fourth-order valence-corrected chi connectivity index (χ4v) is 4.75. The maximum Gasteiger partial charge on any atom is 0.250 e. The van der Waals surface area contributed by atoms with E-state index in [-0.39, 0.29) is 16.0 Å². The van der Waals surface area contributed by atoms with E-state index in [1.54, 1.807) is 11.4 Å². The largest absolute Gasteiger partial charge is 0.325 e. The van der Waals surface area contributed by atoms with E-state index in [4.69, 9.17) is 0 Å². The molecule has 2 N–H and O–H groups in total. The molecule has 0 radical (unpaired) electrons. The van der Waals surface area contributed by atoms with Crippen molar-refractivity contribution in [2.75, 3.05) is 5.32 Å². The zero-order valence-corrected chi connectivity index (χ0v) is 16.3. The lowest BCUT2D eigenvalue weighted by Gasteiger charge is -2.21. The van der Waals surface area contributed by atoms with E-state index in [1.165, 1.54) is 11.6 Å². The molecule has 7 heteroatoms. The van der Waals surface area contributed by atoms with Crippen molar-refractivity contribution in [3.63, 3.8) is 0 Å². The van der Waals surface area contributed by atoms with E-state index in [0.29, 0.717) is 5.69 Å². The molecule has 1 heterocycles. The van der Waals surface area contributed by atoms with Gasteiger partial charge in [0.2, 0.25) is 5.91 Å². The van der Waals surface area contributed by atoms with Crippen LogP contribution >= 0.6 is 11.3 Å². The Hall–Kier alpha value is -1.70. The third kappa shape index (κ3) is 5.39. The average molecular weight is 381 g/mol. The standard InChI is InChI=1S/C18H24N2O3S2/c1-4-6-14-8-10-15(11-9-14)19-18(21)17(13(2)3)20-25(22,23)16-7-5-12-24-16/h5,7-13,17,20H,4,6H2,1-3H3,(H,19,21)/t17-/m0/s1. The molecule has 1 aromatic carbocycles. The van der Waals surface area contributed by atoms with Gasteiger partial charge in [0.05, 0.1) is 0 Å². The van der Waals surface area contributed by atoms with E-state index >= 15 is 0 Å². The van der Waals surface area contributed by atoms with E-state index in [2.05, 4.69) is 17.0 Å². The molecule has 0 bridgehead atoms. The van der Waals surface area contributed by atoms with Crippen LogP contribution in [0.15, 0.2) is 46.0 Å². The molecule has 0 saturated heterocycles. The molecule has 2 rings (SSSR count). The van der Waals surface area contributed by atoms with Gasteiger partial charge >= 0.3 is 0 Å². The lowest BCUT2D eigenvalue weighted by Crippen LogP contribution is -2.46. The van der Waals surface area contributed by atoms with Crippen LogP contribution in [0.1, 0.15) is 32.8 Å². The van der Waals surface area contributed by atoms with Crippen LogP contribution in [0.3, 0.4) is 0 Å². The van der Waals surface area contributed by atoms with Gasteiger partial charge < -0.3 is 5.32 Å². The van der Waals surface area contributed by atoms with Gasteiger partial charge in [-0.25, -0.2) is 8.42 Å². The zero-order chi connectivity index (χ0) is 18.4. The molecule has 1 atom stereocenters. The highest BCUT2D eigenvalue weighted by Gasteiger charge is 2.28. The monoisotopic (exact) mass is 380 g/mol. The summed E-state index contributed by atoms with van der Waals surface area (Å²) in [6.07, 6.45) is 2.05. The van der Waals surface area contributed by atoms with Gasteiger partial charge in [0.25, 0.3) is 10.0 Å². The van der Waals surface area contributed by atoms with Crippen LogP contribution in [0.5, 0.6) is 0 Å². The van der Waals surface area contributed by atoms with Gasteiger partial charge in [0, 0.05) is 5.69 Å². The molecular formula is C18H24N2O3S2. The Morgan fingerprint density at radius 2 is 1.84 bits per heavy atom. The van der Waals surface area contributed by atoms with Crippen molar-refractivity contribution in [2.45, 2.75) is 43.9 Å². The normalized spacial score (nSPS) is 13.0. The Bertz CT molecular complexity index is 782. The molecule has 136 valence electrons. The first-order chi connectivity index (χ1) is 11.8. The van der Waals surface area contributed by atoms with Crippen LogP contribution in [-0.2, 0) is 21.2 Å². The fourth-order valence-electron chi connectivity index (χ4n) is 2.40. The smallest absolute Gasteiger partial charge is 0.250 e. The molecular weight excluding hydrogens is 356 g/mol. The summed E-state index contributed by atoms with van der Waals surface area (Å²) in [5, 5.41) is 4.49. The molecule has 0 saturated carbocycles. The second kappa shape index (κ2) is 8.60. The zero-order valence-electron chi connectivity index (χ0n) is 14.7. The Labute approximate surface area is 153 Å². The Morgan fingerprint density at radius 3 is 2.36 bits per heavy atom. The van der Waals surface area contributed by atoms with Crippen LogP contribution < -0.4 is 10.0 Å². The topological polar surface area (TPSA) is 75.3 Å². The van der Waals surface area contributed by atoms with Crippen LogP contribution in [0.4, 0.5) is 5.69 Å². The summed E-state index contributed by atoms with van der Waals surface area (Å²) in [5.41, 5.74) is 1.87. The second-order valence-electron chi connectivity index (χ2n) is 6.21. The molecule has 0 spiro atoms. The molecule has 1 aromatic heterocycles. The average Bonchev–Trinajstić information content (AvgIpc) is 3.10. The first-order valence-electron chi connectivity index (χ1n) is 8.29. The molecule has 0 aliphatic heterocycles. The summed E-state index contributed by atoms with van der Waals surface area (Å²) < 4.78 is 27.5. The first kappa shape index (κ1) is 19.6. The molecule has 0 aliphatic rings. The highest BCUT2D eigenvalue weighted by molar-refractivity contribution is 7.91. The van der Waals surface area contributed by atoms with Gasteiger partial charge in [-0.15, -0.1) is 11.3 Å². The van der Waals surface area contributed by atoms with E-state index in [0.717, 1.165) is 24.2 Å². The van der Waals surface area contributed by atoms with Crippen molar-refractivity contribution >= 4 is 33.0 Å². The maximum absolute atomic E-state index is 12.6. The fraction of sp³-hybridized carbons (Fsp3) is 0.389. The quantitative estimate of drug-likeness (QED) is 0.734. The Kier molecular flexibility index (Phi) is 6.75. The number of hydrogen-bond donors (Lipinski definition) is 2. The molecule has 0 unspecified atom stereocenters. The molecule has 5 nitrogen and oxygen atoms in total. The number of benzene rings is 1. The molecule has 1 amide bonds. The van der Waals surface area contributed by atoms with Crippen LogP contribution in [0.2, 0.25) is 0 Å². The highest BCUT2D eigenvalue weighted by Crippen LogP contribution is 2.18. The van der Waals surface area contributed by atoms with Gasteiger partial charge in [-0.05, 0) is 41.5 Å². The van der Waals surface area contributed by atoms with Gasteiger partial charge in [0.1, 0.15) is 10.3 Å². The second-order valence-corrected chi connectivity index (χ2v) is 9.10. The number of rotatable bonds is 8. The Balaban J connectivity index is 2.10. The molecule has 2 aromatic rings. The number of amides is 1. The minimum atomic E-state index is -3.70. The predicted molar refractivity (Wildman–Crippen MR) is 102 cm³/mol. The summed E-state index contributed by atoms with van der Waals surface area (Å²) in [6.45, 7) is 5.74. The van der Waals surface area contributed by atoms with E-state index in [9.17, 15) is 13.2 Å². The number of anilines is 1. The number of carbonyl (C=O) groups is 1. The summed E-state index contributed by atoms with van der Waals surface area (Å²) in [7, 11) is -3.70. The molecule has 25 heavy (non-hydrogen) atoms. The summed E-state index contributed by atoms with van der Waals surface area (Å²) in [6, 6.07) is 9.97. The number of nitrogens with one attached hydrogen (secondary N) is 2. The van der Waals surface area contributed by atoms with E-state index < -0.39 is 16.1 Å². The number of thiophene rings is 1. The predicted octanol–water partition coefficient (Wildman–Crippen LogP) is 3.64. The van der Waals surface area contributed by atoms with Crippen LogP contribution in [0, 0.1) is 5.92 Å². The minimum Gasteiger partial charge on any atom is -0.325 e. The first-order valence-corrected chi connectivity index (χ1v) is 10.7. The summed E-state index contributed by atoms with van der Waals surface area (Å²) in [5.74, 6) is -0.549. The Morgan fingerprint density at radius 1 is 1.16 bits per heavy atom. The van der Waals surface area contributed by atoms with Gasteiger partial charge in [-0.3, -0.25) is 4.79 Å². The van der Waals surface area contributed by atoms with Crippen LogP contribution in [-0.4, -0.2) is 20.4 Å². The van der Waals surface area contributed by atoms with Gasteiger partial charge in [0.15, 0.2) is 0 Å². The highest BCUT2D eigenvalue weighted by atomic mass is 32.2. The van der Waals surface area contributed by atoms with E-state index in [1.807, 2.05) is 38.1 Å². The van der Waals surface area contributed by atoms with Crippen molar-refractivity contribution in [3.05, 3.63) is 47.3 Å². The third-order valence-corrected chi connectivity index (χ3v) is 6.59. The molecule has 0 aliphatic carbocycles. The molecule has 0 fully saturated rings. The number of hydrogen-bond acceptors (Lipinski definition) is 4. The van der Waals surface area contributed by atoms with Gasteiger partial charge in [-0.2, -0.15) is 4.72 Å². The summed E-state index contributed by atoms with van der Waals surface area (Å²) in [4.78, 5) is 12.6. The van der Waals surface area contributed by atoms with Crippen molar-refractivity contribution in [1.29, 1.82) is 0 Å². The summed E-state index contributed by atoms with van der Waals surface area (Å²) >= 11 is 1.12. The van der Waals surface area contributed by atoms with Gasteiger partial charge in [-0.1, -0.05) is 45.4 Å². The minimum absolute atomic E-state index is 0.186. The number of sulfonamides is 1. The van der Waals surface area contributed by atoms with Crippen molar-refractivity contribution in [1.82, 2.24) is 4.72 Å². The van der Waals surface area contributed by atoms with Crippen molar-refractivity contribution < 1.29 is 13.2 Å². The van der Waals surface area contributed by atoms with Crippen molar-refractivity contribution in [3.8, 4) is 0 Å². The SMILES string of the molecule is CCCc1ccc(NC(=O)[C@@H](NS(=O)(=O)c2cccs2)C(C)C)cc1. The van der Waals surface area contributed by atoms with Crippen molar-refractivity contribution in [2.24, 2.45) is 5.92 Å². The lowest BCUT2D eigenvalue weighted by molar-refractivity contribution is -0.118. The third-order valence-electron chi connectivity index (χ3n) is 3.75. The number of carbonyl (C=O) groups excluding carboxylic acids is 1. The van der Waals surface area contributed by atoms with Crippen LogP contribution in [0.25, 0.3) is 0 Å².